The number of pyridine rings is 1. The number of fused-ring (bicyclic) bond motifs is 6. The van der Waals surface area contributed by atoms with Crippen LogP contribution in [0.2, 0.25) is 0 Å². The highest BCUT2D eigenvalue weighted by molar-refractivity contribution is 6.15. The molecule has 1 aliphatic rings. The molecular formula is C36H20N4O. The first-order chi connectivity index (χ1) is 20.3. The largest absolute Gasteiger partial charge is 0.456 e. The SMILES string of the molecule is c1ccc(-c2nc(-c3ccc4c(c3)-c3cccc5cccc-4c35)nc(-c3cccc4oc5ccncc5c34)n2)cc1. The van der Waals surface area contributed by atoms with E-state index in [1.165, 1.54) is 33.0 Å². The number of hydrogen-bond donors (Lipinski definition) is 0. The molecule has 3 heterocycles. The van der Waals surface area contributed by atoms with Crippen LogP contribution in [0.1, 0.15) is 0 Å². The monoisotopic (exact) mass is 524 g/mol. The lowest BCUT2D eigenvalue weighted by atomic mass is 10.0. The van der Waals surface area contributed by atoms with E-state index in [9.17, 15) is 0 Å². The van der Waals surface area contributed by atoms with Crippen LogP contribution in [0.5, 0.6) is 0 Å². The molecule has 0 fully saturated rings. The molecule has 0 saturated carbocycles. The molecule has 0 radical (unpaired) electrons. The van der Waals surface area contributed by atoms with Crippen molar-refractivity contribution in [3.63, 3.8) is 0 Å². The van der Waals surface area contributed by atoms with E-state index in [0.717, 1.165) is 38.6 Å². The summed E-state index contributed by atoms with van der Waals surface area (Å²) in [7, 11) is 0. The quantitative estimate of drug-likeness (QED) is 0.231. The second-order valence-electron chi connectivity index (χ2n) is 10.3. The highest BCUT2D eigenvalue weighted by Crippen LogP contribution is 2.48. The summed E-state index contributed by atoms with van der Waals surface area (Å²) < 4.78 is 6.14. The Balaban J connectivity index is 1.29. The molecule has 0 atom stereocenters. The zero-order chi connectivity index (χ0) is 26.9. The summed E-state index contributed by atoms with van der Waals surface area (Å²) in [6, 6.07) is 37.5. The van der Waals surface area contributed by atoms with Crippen LogP contribution >= 0.6 is 0 Å². The number of hydrogen-bond acceptors (Lipinski definition) is 5. The molecule has 0 bridgehead atoms. The summed E-state index contributed by atoms with van der Waals surface area (Å²) in [5.41, 5.74) is 9.27. The van der Waals surface area contributed by atoms with Crippen LogP contribution in [0, 0.1) is 0 Å². The van der Waals surface area contributed by atoms with Crippen molar-refractivity contribution in [1.82, 2.24) is 19.9 Å². The number of aromatic nitrogens is 4. The standard InChI is InChI=1S/C36H20N4O/c1-2-7-22(8-3-1)34-38-35(23-15-16-24-25-11-4-9-21-10-5-12-26(32(21)25)28(24)19-23)40-36(39-34)27-13-6-14-31-33(27)29-20-37-18-17-30(29)41-31/h1-20H. The molecule has 0 N–H and O–H groups in total. The van der Waals surface area contributed by atoms with Crippen molar-refractivity contribution in [2.24, 2.45) is 0 Å². The van der Waals surface area contributed by atoms with Gasteiger partial charge in [-0.2, -0.15) is 0 Å². The van der Waals surface area contributed by atoms with E-state index in [1.54, 1.807) is 6.20 Å². The fraction of sp³-hybridized carbons (Fsp3) is 0. The summed E-state index contributed by atoms with van der Waals surface area (Å²) >= 11 is 0. The van der Waals surface area contributed by atoms with Crippen LogP contribution in [0.3, 0.4) is 0 Å². The Morgan fingerprint density at radius 1 is 0.463 bits per heavy atom. The fourth-order valence-corrected chi connectivity index (χ4v) is 6.13. The smallest absolute Gasteiger partial charge is 0.164 e. The minimum atomic E-state index is 0.594. The fourth-order valence-electron chi connectivity index (χ4n) is 6.13. The predicted octanol–water partition coefficient (Wildman–Crippen LogP) is 8.97. The molecule has 5 heteroatoms. The van der Waals surface area contributed by atoms with E-state index in [0.29, 0.717) is 17.5 Å². The maximum absolute atomic E-state index is 6.14. The lowest BCUT2D eigenvalue weighted by Crippen LogP contribution is -2.00. The van der Waals surface area contributed by atoms with Gasteiger partial charge in [0, 0.05) is 39.9 Å². The lowest BCUT2D eigenvalue weighted by Gasteiger charge is -2.10. The van der Waals surface area contributed by atoms with Gasteiger partial charge in [0.1, 0.15) is 11.2 Å². The van der Waals surface area contributed by atoms with Crippen molar-refractivity contribution in [1.29, 1.82) is 0 Å². The van der Waals surface area contributed by atoms with Gasteiger partial charge >= 0.3 is 0 Å². The molecule has 190 valence electrons. The maximum atomic E-state index is 6.14. The van der Waals surface area contributed by atoms with Gasteiger partial charge in [-0.25, -0.2) is 15.0 Å². The predicted molar refractivity (Wildman–Crippen MR) is 163 cm³/mol. The summed E-state index contributed by atoms with van der Waals surface area (Å²) in [6.45, 7) is 0. The molecule has 0 aliphatic heterocycles. The zero-order valence-corrected chi connectivity index (χ0v) is 21.7. The van der Waals surface area contributed by atoms with Crippen molar-refractivity contribution in [2.75, 3.05) is 0 Å². The average Bonchev–Trinajstić information content (AvgIpc) is 3.58. The van der Waals surface area contributed by atoms with Gasteiger partial charge in [0.2, 0.25) is 0 Å². The van der Waals surface area contributed by atoms with Gasteiger partial charge in [0.05, 0.1) is 0 Å². The summed E-state index contributed by atoms with van der Waals surface area (Å²) in [5, 5.41) is 4.43. The van der Waals surface area contributed by atoms with Gasteiger partial charge in [0.15, 0.2) is 17.5 Å². The second-order valence-corrected chi connectivity index (χ2v) is 10.3. The Labute approximate surface area is 234 Å². The summed E-state index contributed by atoms with van der Waals surface area (Å²) in [5.74, 6) is 1.85. The molecule has 0 saturated heterocycles. The number of benzene rings is 5. The minimum absolute atomic E-state index is 0.594. The average molecular weight is 525 g/mol. The topological polar surface area (TPSA) is 64.7 Å². The third-order valence-corrected chi connectivity index (χ3v) is 7.97. The van der Waals surface area contributed by atoms with Crippen molar-refractivity contribution in [3.8, 4) is 56.4 Å². The second kappa shape index (κ2) is 8.41. The van der Waals surface area contributed by atoms with Crippen molar-refractivity contribution < 1.29 is 4.42 Å². The molecule has 1 aliphatic carbocycles. The molecule has 41 heavy (non-hydrogen) atoms. The van der Waals surface area contributed by atoms with Crippen molar-refractivity contribution in [3.05, 3.63) is 122 Å². The van der Waals surface area contributed by atoms with E-state index < -0.39 is 0 Å². The Morgan fingerprint density at radius 3 is 2.05 bits per heavy atom. The minimum Gasteiger partial charge on any atom is -0.456 e. The van der Waals surface area contributed by atoms with Gasteiger partial charge in [-0.1, -0.05) is 91.0 Å². The molecule has 9 rings (SSSR count). The zero-order valence-electron chi connectivity index (χ0n) is 21.7. The third-order valence-electron chi connectivity index (χ3n) is 7.97. The van der Waals surface area contributed by atoms with E-state index in [4.69, 9.17) is 19.4 Å². The maximum Gasteiger partial charge on any atom is 0.164 e. The van der Waals surface area contributed by atoms with Crippen LogP contribution in [0.15, 0.2) is 126 Å². The number of rotatable bonds is 3. The summed E-state index contributed by atoms with van der Waals surface area (Å²) in [4.78, 5) is 19.4. The van der Waals surface area contributed by atoms with E-state index >= 15 is 0 Å². The van der Waals surface area contributed by atoms with Crippen LogP contribution in [0.4, 0.5) is 0 Å². The lowest BCUT2D eigenvalue weighted by molar-refractivity contribution is 0.668. The van der Waals surface area contributed by atoms with E-state index in [-0.39, 0.29) is 0 Å². The first-order valence-electron chi connectivity index (χ1n) is 13.6. The molecule has 0 amide bonds. The first kappa shape index (κ1) is 22.2. The van der Waals surface area contributed by atoms with Gasteiger partial charge in [-0.05, 0) is 51.2 Å². The molecule has 3 aromatic heterocycles. The molecule has 5 aromatic carbocycles. The van der Waals surface area contributed by atoms with Crippen molar-refractivity contribution in [2.45, 2.75) is 0 Å². The highest BCUT2D eigenvalue weighted by Gasteiger charge is 2.23. The van der Waals surface area contributed by atoms with Crippen LogP contribution in [0.25, 0.3) is 89.1 Å². The molecule has 0 spiro atoms. The molecular weight excluding hydrogens is 504 g/mol. The Kier molecular flexibility index (Phi) is 4.55. The van der Waals surface area contributed by atoms with Gasteiger partial charge in [0.25, 0.3) is 0 Å². The third kappa shape index (κ3) is 3.29. The van der Waals surface area contributed by atoms with Crippen LogP contribution in [-0.2, 0) is 0 Å². The Morgan fingerprint density at radius 2 is 1.20 bits per heavy atom. The Hall–Kier alpha value is -5.68. The van der Waals surface area contributed by atoms with E-state index in [1.807, 2.05) is 60.8 Å². The highest BCUT2D eigenvalue weighted by atomic mass is 16.3. The normalized spacial score (nSPS) is 11.9. The molecule has 8 aromatic rings. The Bertz CT molecular complexity index is 2320. The molecule has 0 unspecified atom stereocenters. The summed E-state index contributed by atoms with van der Waals surface area (Å²) in [6.07, 6.45) is 3.58. The molecule has 5 nitrogen and oxygen atoms in total. The van der Waals surface area contributed by atoms with Crippen LogP contribution < -0.4 is 0 Å². The number of furan rings is 1. The first-order valence-corrected chi connectivity index (χ1v) is 13.6. The number of nitrogens with zero attached hydrogens (tertiary/aromatic N) is 4. The van der Waals surface area contributed by atoms with Crippen LogP contribution in [-0.4, -0.2) is 19.9 Å². The van der Waals surface area contributed by atoms with Gasteiger partial charge in [-0.3, -0.25) is 4.98 Å². The van der Waals surface area contributed by atoms with Gasteiger partial charge in [-0.15, -0.1) is 0 Å². The van der Waals surface area contributed by atoms with E-state index in [2.05, 4.69) is 59.6 Å². The van der Waals surface area contributed by atoms with Gasteiger partial charge < -0.3 is 4.42 Å². The van der Waals surface area contributed by atoms with Crippen molar-refractivity contribution >= 4 is 32.7 Å².